The minimum Gasteiger partial charge on any atom is -0.461 e. The van der Waals surface area contributed by atoms with Crippen LogP contribution in [0.5, 0.6) is 0 Å². The minimum atomic E-state index is -0.145. The normalized spacial score (nSPS) is 21.3. The summed E-state index contributed by atoms with van der Waals surface area (Å²) in [6.07, 6.45) is 3.35. The molecule has 0 radical (unpaired) electrons. The molecule has 0 amide bonds. The number of esters is 1. The van der Waals surface area contributed by atoms with Gasteiger partial charge < -0.3 is 9.47 Å². The van der Waals surface area contributed by atoms with Crippen molar-refractivity contribution in [3.8, 4) is 0 Å². The molecule has 0 aliphatic heterocycles. The zero-order chi connectivity index (χ0) is 12.8. The Morgan fingerprint density at radius 1 is 1.39 bits per heavy atom. The van der Waals surface area contributed by atoms with Crippen molar-refractivity contribution in [3.05, 3.63) is 48.6 Å². The summed E-state index contributed by atoms with van der Waals surface area (Å²) in [5, 5.41) is 0. The maximum absolute atomic E-state index is 11.6. The van der Waals surface area contributed by atoms with E-state index in [0.717, 1.165) is 12.0 Å². The fraction of sp³-hybridized carbons (Fsp3) is 0.400. The van der Waals surface area contributed by atoms with Gasteiger partial charge in [0.15, 0.2) is 0 Å². The molecule has 1 aromatic carbocycles. The van der Waals surface area contributed by atoms with Gasteiger partial charge in [-0.05, 0) is 17.9 Å². The molecule has 1 aliphatic carbocycles. The van der Waals surface area contributed by atoms with Gasteiger partial charge in [-0.1, -0.05) is 36.4 Å². The Kier molecular flexibility index (Phi) is 4.53. The lowest BCUT2D eigenvalue weighted by atomic mass is 10.2. The van der Waals surface area contributed by atoms with Crippen LogP contribution in [-0.2, 0) is 20.9 Å². The number of hydrogen-bond donors (Lipinski definition) is 0. The van der Waals surface area contributed by atoms with E-state index in [1.54, 1.807) is 6.08 Å². The van der Waals surface area contributed by atoms with Crippen molar-refractivity contribution in [3.63, 3.8) is 0 Å². The predicted octanol–water partition coefficient (Wildman–Crippen LogP) is 2.71. The molecule has 0 N–H and O–H groups in total. The first-order valence-electron chi connectivity index (χ1n) is 6.21. The summed E-state index contributed by atoms with van der Waals surface area (Å²) in [5.74, 6) is 0.182. The van der Waals surface area contributed by atoms with E-state index in [9.17, 15) is 4.79 Å². The Morgan fingerprint density at radius 3 is 2.89 bits per heavy atom. The summed E-state index contributed by atoms with van der Waals surface area (Å²) in [6, 6.07) is 9.70. The van der Waals surface area contributed by atoms with Gasteiger partial charge in [-0.3, -0.25) is 4.79 Å². The van der Waals surface area contributed by atoms with E-state index in [0.29, 0.717) is 25.6 Å². The molecule has 3 heteroatoms. The van der Waals surface area contributed by atoms with Gasteiger partial charge >= 0.3 is 5.97 Å². The lowest BCUT2D eigenvalue weighted by Gasteiger charge is -2.04. The summed E-state index contributed by atoms with van der Waals surface area (Å²) < 4.78 is 10.7. The van der Waals surface area contributed by atoms with E-state index >= 15 is 0 Å². The third kappa shape index (κ3) is 4.00. The molecule has 2 atom stereocenters. The van der Waals surface area contributed by atoms with Crippen molar-refractivity contribution in [2.24, 2.45) is 5.92 Å². The van der Waals surface area contributed by atoms with Crippen molar-refractivity contribution in [1.82, 2.24) is 0 Å². The quantitative estimate of drug-likeness (QED) is 0.548. The molecule has 0 spiro atoms. The minimum absolute atomic E-state index is 0.145. The van der Waals surface area contributed by atoms with Crippen LogP contribution >= 0.6 is 0 Å². The van der Waals surface area contributed by atoms with Gasteiger partial charge in [-0.2, -0.15) is 0 Å². The zero-order valence-corrected chi connectivity index (χ0v) is 10.4. The van der Waals surface area contributed by atoms with Crippen LogP contribution in [0.25, 0.3) is 0 Å². The van der Waals surface area contributed by atoms with Gasteiger partial charge in [-0.25, -0.2) is 0 Å². The van der Waals surface area contributed by atoms with E-state index in [4.69, 9.17) is 9.47 Å². The molecule has 1 saturated carbocycles. The Labute approximate surface area is 107 Å². The summed E-state index contributed by atoms with van der Waals surface area (Å²) in [6.45, 7) is 4.50. The zero-order valence-electron chi connectivity index (χ0n) is 10.4. The SMILES string of the molecule is C=CCO[C@@H]1C[C@H]1CC(=O)OCc1ccccc1. The topological polar surface area (TPSA) is 35.5 Å². The molecule has 96 valence electrons. The first-order chi connectivity index (χ1) is 8.79. The fourth-order valence-corrected chi connectivity index (χ4v) is 1.84. The monoisotopic (exact) mass is 246 g/mol. The Morgan fingerprint density at radius 2 is 2.17 bits per heavy atom. The van der Waals surface area contributed by atoms with E-state index in [1.165, 1.54) is 0 Å². The van der Waals surface area contributed by atoms with Crippen LogP contribution in [-0.4, -0.2) is 18.7 Å². The molecule has 0 aromatic heterocycles. The average molecular weight is 246 g/mol. The molecule has 3 nitrogen and oxygen atoms in total. The predicted molar refractivity (Wildman–Crippen MR) is 68.9 cm³/mol. The molecule has 0 bridgehead atoms. The molecule has 18 heavy (non-hydrogen) atoms. The van der Waals surface area contributed by atoms with Crippen molar-refractivity contribution >= 4 is 5.97 Å². The first kappa shape index (κ1) is 12.8. The number of hydrogen-bond acceptors (Lipinski definition) is 3. The lowest BCUT2D eigenvalue weighted by molar-refractivity contribution is -0.145. The molecule has 1 fully saturated rings. The molecule has 2 rings (SSSR count). The van der Waals surface area contributed by atoms with Crippen LogP contribution in [0.15, 0.2) is 43.0 Å². The van der Waals surface area contributed by atoms with E-state index in [-0.39, 0.29) is 12.1 Å². The first-order valence-corrected chi connectivity index (χ1v) is 6.21. The van der Waals surface area contributed by atoms with Gasteiger partial charge in [0.05, 0.1) is 19.1 Å². The van der Waals surface area contributed by atoms with Crippen LogP contribution in [0.1, 0.15) is 18.4 Å². The fourth-order valence-electron chi connectivity index (χ4n) is 1.84. The van der Waals surface area contributed by atoms with Crippen LogP contribution in [0.3, 0.4) is 0 Å². The van der Waals surface area contributed by atoms with Crippen LogP contribution in [0.4, 0.5) is 0 Å². The standard InChI is InChI=1S/C15H18O3/c1-2-8-17-14-9-13(14)10-15(16)18-11-12-6-4-3-5-7-12/h2-7,13-14H,1,8-11H2/t13-,14+/m0/s1. The van der Waals surface area contributed by atoms with Crippen molar-refractivity contribution < 1.29 is 14.3 Å². The van der Waals surface area contributed by atoms with Crippen molar-refractivity contribution in [2.75, 3.05) is 6.61 Å². The maximum atomic E-state index is 11.6. The Hall–Kier alpha value is -1.61. The number of ether oxygens (including phenoxy) is 2. The highest BCUT2D eigenvalue weighted by molar-refractivity contribution is 5.70. The lowest BCUT2D eigenvalue weighted by Crippen LogP contribution is -2.07. The van der Waals surface area contributed by atoms with Gasteiger partial charge in [0, 0.05) is 0 Å². The van der Waals surface area contributed by atoms with Crippen LogP contribution in [0.2, 0.25) is 0 Å². The second-order valence-corrected chi connectivity index (χ2v) is 4.51. The summed E-state index contributed by atoms with van der Waals surface area (Å²) >= 11 is 0. The molecule has 0 saturated heterocycles. The van der Waals surface area contributed by atoms with E-state index in [2.05, 4.69) is 6.58 Å². The van der Waals surface area contributed by atoms with Gasteiger partial charge in [0.1, 0.15) is 6.61 Å². The summed E-state index contributed by atoms with van der Waals surface area (Å²) in [4.78, 5) is 11.6. The molecule has 0 unspecified atom stereocenters. The molecule has 1 aliphatic rings. The highest BCUT2D eigenvalue weighted by atomic mass is 16.5. The van der Waals surface area contributed by atoms with E-state index in [1.807, 2.05) is 30.3 Å². The molecular weight excluding hydrogens is 228 g/mol. The third-order valence-electron chi connectivity index (χ3n) is 2.96. The van der Waals surface area contributed by atoms with Gasteiger partial charge in [0.2, 0.25) is 0 Å². The molecule has 0 heterocycles. The molecule has 1 aromatic rings. The number of rotatable bonds is 7. The van der Waals surface area contributed by atoms with Gasteiger partial charge in [-0.15, -0.1) is 6.58 Å². The highest BCUT2D eigenvalue weighted by Crippen LogP contribution is 2.36. The Bertz CT molecular complexity index is 399. The summed E-state index contributed by atoms with van der Waals surface area (Å²) in [5.41, 5.74) is 1.01. The number of carbonyl (C=O) groups is 1. The molecular formula is C15H18O3. The maximum Gasteiger partial charge on any atom is 0.306 e. The number of carbonyl (C=O) groups excluding carboxylic acids is 1. The average Bonchev–Trinajstić information content (AvgIpc) is 3.13. The third-order valence-corrected chi connectivity index (χ3v) is 2.96. The summed E-state index contributed by atoms with van der Waals surface area (Å²) in [7, 11) is 0. The second kappa shape index (κ2) is 6.36. The largest absolute Gasteiger partial charge is 0.461 e. The van der Waals surface area contributed by atoms with Crippen molar-refractivity contribution in [1.29, 1.82) is 0 Å². The van der Waals surface area contributed by atoms with Crippen molar-refractivity contribution in [2.45, 2.75) is 25.6 Å². The smallest absolute Gasteiger partial charge is 0.306 e. The van der Waals surface area contributed by atoms with Crippen LogP contribution < -0.4 is 0 Å². The second-order valence-electron chi connectivity index (χ2n) is 4.51. The Balaban J connectivity index is 1.63. The van der Waals surface area contributed by atoms with Gasteiger partial charge in [0.25, 0.3) is 0 Å². The van der Waals surface area contributed by atoms with Crippen LogP contribution in [0, 0.1) is 5.92 Å². The number of benzene rings is 1. The highest BCUT2D eigenvalue weighted by Gasteiger charge is 2.39. The van der Waals surface area contributed by atoms with E-state index < -0.39 is 0 Å².